The van der Waals surface area contributed by atoms with Gasteiger partial charge in [-0.1, -0.05) is 24.3 Å². The van der Waals surface area contributed by atoms with Crippen LogP contribution in [0.2, 0.25) is 0 Å². The number of nitrogens with two attached hydrogens (primary N) is 1. The first kappa shape index (κ1) is 14.2. The van der Waals surface area contributed by atoms with E-state index in [1.807, 2.05) is 0 Å². The van der Waals surface area contributed by atoms with Crippen LogP contribution in [0.25, 0.3) is 11.0 Å². The fourth-order valence-electron chi connectivity index (χ4n) is 2.20. The van der Waals surface area contributed by atoms with E-state index in [2.05, 4.69) is 0 Å². The Labute approximate surface area is 123 Å². The molecule has 3 rings (SSSR count). The molecule has 0 atom stereocenters. The lowest BCUT2D eigenvalue weighted by Gasteiger charge is -2.07. The predicted molar refractivity (Wildman–Crippen MR) is 75.5 cm³/mol. The maximum atomic E-state index is 12.7. The van der Waals surface area contributed by atoms with Crippen molar-refractivity contribution in [2.75, 3.05) is 5.73 Å². The van der Waals surface area contributed by atoms with Gasteiger partial charge < -0.3 is 10.2 Å². The number of hydrogen-bond acceptors (Lipinski definition) is 3. The van der Waals surface area contributed by atoms with Crippen molar-refractivity contribution in [3.8, 4) is 0 Å². The SMILES string of the molecule is Nc1c(C(=O)c2cccc(C(F)(F)F)c2)oc2ccccc12. The van der Waals surface area contributed by atoms with E-state index >= 15 is 0 Å². The molecule has 0 fully saturated rings. The van der Waals surface area contributed by atoms with Gasteiger partial charge in [-0.3, -0.25) is 4.79 Å². The summed E-state index contributed by atoms with van der Waals surface area (Å²) in [5.74, 6) is -0.833. The van der Waals surface area contributed by atoms with E-state index < -0.39 is 17.5 Å². The summed E-state index contributed by atoms with van der Waals surface area (Å²) in [5, 5.41) is 0.554. The van der Waals surface area contributed by atoms with Crippen LogP contribution in [0.3, 0.4) is 0 Å². The van der Waals surface area contributed by atoms with Crippen molar-refractivity contribution in [3.05, 3.63) is 65.4 Å². The molecule has 1 aromatic heterocycles. The van der Waals surface area contributed by atoms with Crippen molar-refractivity contribution >= 4 is 22.4 Å². The number of halogens is 3. The first-order valence-electron chi connectivity index (χ1n) is 6.37. The van der Waals surface area contributed by atoms with Gasteiger partial charge in [-0.2, -0.15) is 13.2 Å². The summed E-state index contributed by atoms with van der Waals surface area (Å²) in [6.07, 6.45) is -4.52. The van der Waals surface area contributed by atoms with E-state index in [4.69, 9.17) is 10.2 Å². The van der Waals surface area contributed by atoms with Crippen LogP contribution in [0.5, 0.6) is 0 Å². The molecule has 22 heavy (non-hydrogen) atoms. The minimum Gasteiger partial charge on any atom is -0.450 e. The standard InChI is InChI=1S/C16H10F3NO2/c17-16(18,19)10-5-3-4-9(8-10)14(21)15-13(20)11-6-1-2-7-12(11)22-15/h1-8H,20H2. The highest BCUT2D eigenvalue weighted by atomic mass is 19.4. The lowest BCUT2D eigenvalue weighted by atomic mass is 10.0. The number of alkyl halides is 3. The van der Waals surface area contributed by atoms with Crippen LogP contribution in [0, 0.1) is 0 Å². The Hall–Kier alpha value is -2.76. The molecule has 0 aliphatic carbocycles. The molecule has 3 nitrogen and oxygen atoms in total. The number of furan rings is 1. The Morgan fingerprint density at radius 2 is 1.77 bits per heavy atom. The van der Waals surface area contributed by atoms with Gasteiger partial charge in [0, 0.05) is 10.9 Å². The van der Waals surface area contributed by atoms with Gasteiger partial charge >= 0.3 is 6.18 Å². The smallest absolute Gasteiger partial charge is 0.416 e. The van der Waals surface area contributed by atoms with Crippen molar-refractivity contribution in [2.45, 2.75) is 6.18 Å². The Kier molecular flexibility index (Phi) is 3.16. The van der Waals surface area contributed by atoms with Crippen LogP contribution in [0.4, 0.5) is 18.9 Å². The number of hydrogen-bond donors (Lipinski definition) is 1. The topological polar surface area (TPSA) is 56.2 Å². The summed E-state index contributed by atoms with van der Waals surface area (Å²) in [5.41, 5.74) is 5.38. The van der Waals surface area contributed by atoms with E-state index in [9.17, 15) is 18.0 Å². The molecule has 0 spiro atoms. The zero-order valence-corrected chi connectivity index (χ0v) is 11.1. The first-order valence-corrected chi connectivity index (χ1v) is 6.37. The van der Waals surface area contributed by atoms with Crippen LogP contribution >= 0.6 is 0 Å². The summed E-state index contributed by atoms with van der Waals surface area (Å²) in [4.78, 5) is 12.4. The van der Waals surface area contributed by atoms with Crippen LogP contribution in [0.15, 0.2) is 52.9 Å². The molecule has 0 aliphatic rings. The van der Waals surface area contributed by atoms with Crippen LogP contribution in [-0.4, -0.2) is 5.78 Å². The average Bonchev–Trinajstić information content (AvgIpc) is 2.83. The molecule has 2 N–H and O–H groups in total. The van der Waals surface area contributed by atoms with E-state index in [1.165, 1.54) is 12.1 Å². The highest BCUT2D eigenvalue weighted by Crippen LogP contribution is 2.32. The second kappa shape index (κ2) is 4.91. The zero-order valence-electron chi connectivity index (χ0n) is 11.1. The van der Waals surface area contributed by atoms with E-state index in [0.29, 0.717) is 11.0 Å². The minimum absolute atomic E-state index is 0.123. The molecule has 0 bridgehead atoms. The third-order valence-electron chi connectivity index (χ3n) is 3.29. The lowest BCUT2D eigenvalue weighted by molar-refractivity contribution is -0.137. The quantitative estimate of drug-likeness (QED) is 0.719. The van der Waals surface area contributed by atoms with Crippen LogP contribution in [-0.2, 0) is 6.18 Å². The summed E-state index contributed by atoms with van der Waals surface area (Å²) < 4.78 is 43.5. The summed E-state index contributed by atoms with van der Waals surface area (Å²) in [6.45, 7) is 0. The number of fused-ring (bicyclic) bond motifs is 1. The van der Waals surface area contributed by atoms with Gasteiger partial charge in [-0.15, -0.1) is 0 Å². The fraction of sp³-hybridized carbons (Fsp3) is 0.0625. The number of ketones is 1. The summed E-state index contributed by atoms with van der Waals surface area (Å²) in [6, 6.07) is 10.9. The molecule has 0 amide bonds. The third-order valence-corrected chi connectivity index (χ3v) is 3.29. The van der Waals surface area contributed by atoms with Crippen molar-refractivity contribution in [1.82, 2.24) is 0 Å². The van der Waals surface area contributed by atoms with E-state index in [1.54, 1.807) is 24.3 Å². The van der Waals surface area contributed by atoms with E-state index in [0.717, 1.165) is 12.1 Å². The van der Waals surface area contributed by atoms with Gasteiger partial charge in [-0.05, 0) is 24.3 Å². The molecule has 1 heterocycles. The third kappa shape index (κ3) is 2.32. The molecular weight excluding hydrogens is 295 g/mol. The molecule has 0 unspecified atom stereocenters. The molecular formula is C16H10F3NO2. The van der Waals surface area contributed by atoms with Crippen molar-refractivity contribution in [3.63, 3.8) is 0 Å². The number of anilines is 1. The molecule has 0 saturated carbocycles. The monoisotopic (exact) mass is 305 g/mol. The van der Waals surface area contributed by atoms with Crippen molar-refractivity contribution < 1.29 is 22.4 Å². The number of carbonyl (C=O) groups excluding carboxylic acids is 1. The maximum absolute atomic E-state index is 12.7. The zero-order chi connectivity index (χ0) is 15.9. The number of para-hydroxylation sites is 1. The average molecular weight is 305 g/mol. The van der Waals surface area contributed by atoms with Crippen LogP contribution < -0.4 is 5.73 Å². The Balaban J connectivity index is 2.08. The molecule has 0 saturated heterocycles. The molecule has 2 aromatic carbocycles. The highest BCUT2D eigenvalue weighted by Gasteiger charge is 2.31. The number of nitrogen functional groups attached to an aromatic ring is 1. The first-order chi connectivity index (χ1) is 10.4. The van der Waals surface area contributed by atoms with E-state index in [-0.39, 0.29) is 17.0 Å². The molecule has 112 valence electrons. The minimum atomic E-state index is -4.52. The normalized spacial score (nSPS) is 11.8. The van der Waals surface area contributed by atoms with Gasteiger partial charge in [0.05, 0.1) is 11.3 Å². The Morgan fingerprint density at radius 1 is 1.05 bits per heavy atom. The van der Waals surface area contributed by atoms with Gasteiger partial charge in [0.25, 0.3) is 0 Å². The summed E-state index contributed by atoms with van der Waals surface area (Å²) in [7, 11) is 0. The van der Waals surface area contributed by atoms with Gasteiger partial charge in [-0.25, -0.2) is 0 Å². The summed E-state index contributed by atoms with van der Waals surface area (Å²) >= 11 is 0. The number of carbonyl (C=O) groups is 1. The Bertz CT molecular complexity index is 865. The fourth-order valence-corrected chi connectivity index (χ4v) is 2.20. The largest absolute Gasteiger partial charge is 0.450 e. The second-order valence-corrected chi connectivity index (χ2v) is 4.75. The predicted octanol–water partition coefficient (Wildman–Crippen LogP) is 4.26. The van der Waals surface area contributed by atoms with Crippen LogP contribution in [0.1, 0.15) is 21.7 Å². The lowest BCUT2D eigenvalue weighted by Crippen LogP contribution is -2.08. The molecule has 3 aromatic rings. The van der Waals surface area contributed by atoms with Gasteiger partial charge in [0.2, 0.25) is 5.78 Å². The maximum Gasteiger partial charge on any atom is 0.416 e. The number of benzene rings is 2. The van der Waals surface area contributed by atoms with Gasteiger partial charge in [0.15, 0.2) is 5.76 Å². The molecule has 0 radical (unpaired) electrons. The highest BCUT2D eigenvalue weighted by molar-refractivity contribution is 6.14. The number of rotatable bonds is 2. The molecule has 6 heteroatoms. The van der Waals surface area contributed by atoms with Crippen molar-refractivity contribution in [1.29, 1.82) is 0 Å². The Morgan fingerprint density at radius 3 is 2.45 bits per heavy atom. The molecule has 0 aliphatic heterocycles. The van der Waals surface area contributed by atoms with Crippen molar-refractivity contribution in [2.24, 2.45) is 0 Å². The van der Waals surface area contributed by atoms with Gasteiger partial charge in [0.1, 0.15) is 5.58 Å². The second-order valence-electron chi connectivity index (χ2n) is 4.75.